The van der Waals surface area contributed by atoms with Gasteiger partial charge in [-0.05, 0) is 37.8 Å². The molecule has 2 heterocycles. The highest BCUT2D eigenvalue weighted by atomic mass is 16.5. The summed E-state index contributed by atoms with van der Waals surface area (Å²) in [6, 6.07) is 1.89. The molecule has 0 spiro atoms. The van der Waals surface area contributed by atoms with E-state index >= 15 is 0 Å². The number of aryl methyl sites for hydroxylation is 1. The minimum atomic E-state index is -0.518. The Morgan fingerprint density at radius 1 is 1.56 bits per heavy atom. The van der Waals surface area contributed by atoms with Gasteiger partial charge >= 0.3 is 6.09 Å². The summed E-state index contributed by atoms with van der Waals surface area (Å²) in [4.78, 5) is 19.8. The number of alkyl carbamates (subject to hydrolysis) is 1. The molecule has 1 amide bonds. The first-order valence-electron chi connectivity index (χ1n) is 8.81. The number of hydrazone groups is 1. The Kier molecular flexibility index (Phi) is 8.26. The number of carbonyl (C=O) groups excluding carboxylic acids is 1. The molecule has 1 aromatic rings. The molecule has 0 aliphatic carbocycles. The molecule has 1 fully saturated rings. The van der Waals surface area contributed by atoms with Crippen molar-refractivity contribution in [3.63, 3.8) is 0 Å². The number of ether oxygens (including phenoxy) is 2. The van der Waals surface area contributed by atoms with Gasteiger partial charge in [-0.2, -0.15) is 5.10 Å². The highest BCUT2D eigenvalue weighted by Gasteiger charge is 2.13. The number of nitrogens with zero attached hydrogens (tertiary/aromatic N) is 3. The second kappa shape index (κ2) is 10.9. The van der Waals surface area contributed by atoms with Crippen molar-refractivity contribution in [1.82, 2.24) is 10.3 Å². The van der Waals surface area contributed by atoms with Crippen LogP contribution < -0.4 is 11.2 Å². The van der Waals surface area contributed by atoms with Gasteiger partial charge in [0.1, 0.15) is 5.71 Å². The first kappa shape index (κ1) is 20.4. The van der Waals surface area contributed by atoms with E-state index in [-0.39, 0.29) is 12.6 Å². The van der Waals surface area contributed by atoms with E-state index in [1.165, 1.54) is 13.5 Å². The predicted molar refractivity (Wildman–Crippen MR) is 104 cm³/mol. The van der Waals surface area contributed by atoms with Crippen molar-refractivity contribution in [3.05, 3.63) is 29.1 Å². The molecule has 0 bridgehead atoms. The maximum absolute atomic E-state index is 11.0. The lowest BCUT2D eigenvalue weighted by atomic mass is 10.1. The second-order valence-corrected chi connectivity index (χ2v) is 6.03. The Labute approximate surface area is 159 Å². The van der Waals surface area contributed by atoms with Gasteiger partial charge in [0.05, 0.1) is 38.2 Å². The third-order valence-corrected chi connectivity index (χ3v) is 4.00. The molecule has 0 aromatic carbocycles. The monoisotopic (exact) mass is 371 g/mol. The minimum Gasteiger partial charge on any atom is -0.453 e. The zero-order valence-electron chi connectivity index (χ0n) is 15.7. The first-order valence-corrected chi connectivity index (χ1v) is 8.81. The van der Waals surface area contributed by atoms with E-state index < -0.39 is 6.09 Å². The number of nitrogens with one attached hydrogen (secondary N) is 1. The molecule has 1 aromatic heterocycles. The molecule has 1 aliphatic heterocycles. The van der Waals surface area contributed by atoms with E-state index in [0.29, 0.717) is 18.0 Å². The van der Waals surface area contributed by atoms with Gasteiger partial charge in [-0.1, -0.05) is 11.8 Å². The van der Waals surface area contributed by atoms with Gasteiger partial charge in [0.25, 0.3) is 0 Å². The number of hydrogen-bond acceptors (Lipinski definition) is 7. The van der Waals surface area contributed by atoms with Crippen molar-refractivity contribution in [1.29, 1.82) is 0 Å². The number of nitrogens with two attached hydrogens (primary N) is 1. The molecule has 27 heavy (non-hydrogen) atoms. The standard InChI is InChI=1S/C19H25N5O3/c1-14-10-15(6-5-8-22-19(25)26-2)11-23-18(14)17(24-20)13-21-12-16-7-3-4-9-27-16/h10-11,13,16H,3-4,7-9,12,20H2,1-2H3,(H,22,25)/b21-13?,24-17+. The van der Waals surface area contributed by atoms with Crippen molar-refractivity contribution in [2.75, 3.05) is 26.8 Å². The number of aliphatic imine (C=N–C) groups is 1. The highest BCUT2D eigenvalue weighted by molar-refractivity contribution is 6.37. The van der Waals surface area contributed by atoms with Crippen LogP contribution in [0, 0.1) is 18.8 Å². The van der Waals surface area contributed by atoms with Crippen molar-refractivity contribution in [2.24, 2.45) is 15.9 Å². The van der Waals surface area contributed by atoms with Crippen LogP contribution in [-0.2, 0) is 9.47 Å². The second-order valence-electron chi connectivity index (χ2n) is 6.03. The lowest BCUT2D eigenvalue weighted by Crippen LogP contribution is -2.23. The number of rotatable bonds is 5. The summed E-state index contributed by atoms with van der Waals surface area (Å²) in [5.74, 6) is 11.3. The predicted octanol–water partition coefficient (Wildman–Crippen LogP) is 1.40. The lowest BCUT2D eigenvalue weighted by molar-refractivity contribution is 0.0226. The molecular formula is C19H25N5O3. The Balaban J connectivity index is 1.97. The number of hydrogen-bond donors (Lipinski definition) is 2. The van der Waals surface area contributed by atoms with Crippen LogP contribution in [-0.4, -0.2) is 55.9 Å². The Morgan fingerprint density at radius 2 is 2.41 bits per heavy atom. The molecule has 0 saturated carbocycles. The Bertz CT molecular complexity index is 758. The Morgan fingerprint density at radius 3 is 3.07 bits per heavy atom. The van der Waals surface area contributed by atoms with Crippen LogP contribution in [0.5, 0.6) is 0 Å². The molecule has 3 N–H and O–H groups in total. The van der Waals surface area contributed by atoms with E-state index in [4.69, 9.17) is 10.6 Å². The van der Waals surface area contributed by atoms with Crippen molar-refractivity contribution < 1.29 is 14.3 Å². The van der Waals surface area contributed by atoms with E-state index in [0.717, 1.165) is 30.6 Å². The van der Waals surface area contributed by atoms with Crippen LogP contribution in [0.3, 0.4) is 0 Å². The molecular weight excluding hydrogens is 346 g/mol. The van der Waals surface area contributed by atoms with Crippen molar-refractivity contribution in [3.8, 4) is 11.8 Å². The van der Waals surface area contributed by atoms with Crippen LogP contribution in [0.4, 0.5) is 4.79 Å². The zero-order valence-corrected chi connectivity index (χ0v) is 15.7. The van der Waals surface area contributed by atoms with E-state index in [2.05, 4.69) is 37.0 Å². The van der Waals surface area contributed by atoms with Gasteiger partial charge in [-0.3, -0.25) is 9.98 Å². The normalized spacial score (nSPS) is 17.3. The average Bonchev–Trinajstić information content (AvgIpc) is 2.70. The Hall–Kier alpha value is -2.92. The third kappa shape index (κ3) is 6.72. The third-order valence-electron chi connectivity index (χ3n) is 4.00. The number of carbonyl (C=O) groups is 1. The molecule has 8 heteroatoms. The smallest absolute Gasteiger partial charge is 0.407 e. The molecule has 1 atom stereocenters. The minimum absolute atomic E-state index is 0.166. The number of pyridine rings is 1. The van der Waals surface area contributed by atoms with Crippen LogP contribution in [0.2, 0.25) is 0 Å². The number of methoxy groups -OCH3 is 1. The molecule has 144 valence electrons. The highest BCUT2D eigenvalue weighted by Crippen LogP contribution is 2.13. The molecule has 1 saturated heterocycles. The quantitative estimate of drug-likeness (QED) is 0.352. The lowest BCUT2D eigenvalue weighted by Gasteiger charge is -2.20. The van der Waals surface area contributed by atoms with Gasteiger partial charge < -0.3 is 20.6 Å². The first-order chi connectivity index (χ1) is 13.1. The van der Waals surface area contributed by atoms with Crippen molar-refractivity contribution in [2.45, 2.75) is 32.3 Å². The maximum Gasteiger partial charge on any atom is 0.407 e. The topological polar surface area (TPSA) is 111 Å². The number of amides is 1. The fourth-order valence-electron chi connectivity index (χ4n) is 2.61. The van der Waals surface area contributed by atoms with Crippen LogP contribution in [0.15, 0.2) is 22.4 Å². The summed E-state index contributed by atoms with van der Waals surface area (Å²) in [5, 5.41) is 6.29. The maximum atomic E-state index is 11.0. The van der Waals surface area contributed by atoms with Gasteiger partial charge in [0.15, 0.2) is 0 Å². The van der Waals surface area contributed by atoms with Crippen LogP contribution >= 0.6 is 0 Å². The summed E-state index contributed by atoms with van der Waals surface area (Å²) < 4.78 is 10.1. The largest absolute Gasteiger partial charge is 0.453 e. The molecule has 1 aliphatic rings. The number of aromatic nitrogens is 1. The van der Waals surface area contributed by atoms with Gasteiger partial charge in [-0.15, -0.1) is 0 Å². The summed E-state index contributed by atoms with van der Waals surface area (Å²) in [6.45, 7) is 3.49. The van der Waals surface area contributed by atoms with E-state index in [1.54, 1.807) is 12.4 Å². The summed E-state index contributed by atoms with van der Waals surface area (Å²) in [7, 11) is 1.30. The molecule has 8 nitrogen and oxygen atoms in total. The summed E-state index contributed by atoms with van der Waals surface area (Å²) in [6.07, 6.45) is 6.25. The SMILES string of the molecule is COC(=O)NCC#Cc1cnc(/C(C=NCC2CCCCO2)=N/N)c(C)c1. The molecule has 0 radical (unpaired) electrons. The average molecular weight is 371 g/mol. The fraction of sp³-hybridized carbons (Fsp3) is 0.474. The van der Waals surface area contributed by atoms with Gasteiger partial charge in [0, 0.05) is 18.4 Å². The molecule has 2 rings (SSSR count). The van der Waals surface area contributed by atoms with Crippen LogP contribution in [0.25, 0.3) is 0 Å². The summed E-state index contributed by atoms with van der Waals surface area (Å²) in [5.41, 5.74) is 2.78. The zero-order chi connectivity index (χ0) is 19.5. The van der Waals surface area contributed by atoms with Crippen molar-refractivity contribution >= 4 is 18.0 Å². The fourth-order valence-corrected chi connectivity index (χ4v) is 2.61. The molecule has 1 unspecified atom stereocenters. The summed E-state index contributed by atoms with van der Waals surface area (Å²) >= 11 is 0. The van der Waals surface area contributed by atoms with Crippen LogP contribution in [0.1, 0.15) is 36.1 Å². The van der Waals surface area contributed by atoms with Gasteiger partial charge in [0.2, 0.25) is 0 Å². The van der Waals surface area contributed by atoms with Gasteiger partial charge in [-0.25, -0.2) is 4.79 Å². The van der Waals surface area contributed by atoms with E-state index in [1.807, 2.05) is 13.0 Å². The van der Waals surface area contributed by atoms with E-state index in [9.17, 15) is 4.79 Å².